The maximum absolute atomic E-state index is 12.9. The van der Waals surface area contributed by atoms with Crippen molar-refractivity contribution >= 4 is 13.7 Å². The van der Waals surface area contributed by atoms with Gasteiger partial charge in [-0.05, 0) is 70.6 Å². The van der Waals surface area contributed by atoms with E-state index < -0.39 is 20.0 Å². The fraction of sp³-hybridized carbons (Fsp3) is 0.809. The van der Waals surface area contributed by atoms with Crippen molar-refractivity contribution in [2.45, 2.75) is 206 Å². The van der Waals surface area contributed by atoms with Gasteiger partial charge in [0.1, 0.15) is 13.2 Å². The van der Waals surface area contributed by atoms with Crippen LogP contribution in [0.25, 0.3) is 0 Å². The fourth-order valence-corrected chi connectivity index (χ4v) is 7.04. The standard InChI is InChI=1S/C47H89N2O6P/c1-6-8-10-12-14-16-18-20-21-22-23-24-25-26-27-29-31-33-35-37-39-41-47(51)48-45(44-55-56(52,53)54-43-42-49(3,4)5)46(50)40-38-36-34-32-30-28-19-17-15-13-11-9-7-2/h15,17,24-25,30,32,38,40,45-46,50H,6-14,16,18-23,26-29,31,33-37,39,41-44H2,1-5H3,(H-,48,51,52,53)/p+1/b17-15+,25-24-,32-30+,40-38+. The molecule has 0 aliphatic carbocycles. The summed E-state index contributed by atoms with van der Waals surface area (Å²) in [4.78, 5) is 23.1. The minimum atomic E-state index is -4.35. The number of nitrogens with zero attached hydrogens (tertiary/aromatic N) is 1. The molecule has 0 aromatic carbocycles. The second kappa shape index (κ2) is 38.9. The molecule has 8 nitrogen and oxygen atoms in total. The van der Waals surface area contributed by atoms with Gasteiger partial charge >= 0.3 is 7.82 Å². The minimum Gasteiger partial charge on any atom is -0.387 e. The molecule has 1 amide bonds. The Kier molecular flexibility index (Phi) is 37.9. The van der Waals surface area contributed by atoms with E-state index in [9.17, 15) is 19.4 Å². The normalized spacial score (nSPS) is 14.8. The average molecular weight is 810 g/mol. The van der Waals surface area contributed by atoms with E-state index >= 15 is 0 Å². The van der Waals surface area contributed by atoms with Gasteiger partial charge in [-0.25, -0.2) is 4.57 Å². The molecule has 0 heterocycles. The molecule has 0 aliphatic rings. The number of carbonyl (C=O) groups is 1. The van der Waals surface area contributed by atoms with Gasteiger partial charge in [0.2, 0.25) is 5.91 Å². The number of unbranched alkanes of at least 4 members (excludes halogenated alkanes) is 22. The van der Waals surface area contributed by atoms with Crippen molar-refractivity contribution in [1.29, 1.82) is 0 Å². The van der Waals surface area contributed by atoms with Gasteiger partial charge in [-0.15, -0.1) is 0 Å². The van der Waals surface area contributed by atoms with Gasteiger partial charge in [0.25, 0.3) is 0 Å². The molecule has 0 saturated carbocycles. The number of hydrogen-bond donors (Lipinski definition) is 3. The Hall–Kier alpha value is -1.54. The summed E-state index contributed by atoms with van der Waals surface area (Å²) in [6.07, 6.45) is 49.0. The highest BCUT2D eigenvalue weighted by molar-refractivity contribution is 7.47. The van der Waals surface area contributed by atoms with Crippen LogP contribution >= 0.6 is 7.82 Å². The van der Waals surface area contributed by atoms with Crippen molar-refractivity contribution in [3.05, 3.63) is 48.6 Å². The first-order valence-corrected chi connectivity index (χ1v) is 24.5. The van der Waals surface area contributed by atoms with Crippen molar-refractivity contribution in [2.75, 3.05) is 40.9 Å². The molecular formula is C47H90N2O6P+. The lowest BCUT2D eigenvalue weighted by Gasteiger charge is -2.25. The minimum absolute atomic E-state index is 0.0516. The van der Waals surface area contributed by atoms with E-state index in [0.717, 1.165) is 51.4 Å². The number of amides is 1. The molecule has 0 bridgehead atoms. The second-order valence-electron chi connectivity index (χ2n) is 16.8. The highest BCUT2D eigenvalue weighted by atomic mass is 31.2. The summed E-state index contributed by atoms with van der Waals surface area (Å²) in [7, 11) is 1.54. The van der Waals surface area contributed by atoms with E-state index in [1.165, 1.54) is 122 Å². The Bertz CT molecular complexity index is 1050. The third-order valence-corrected chi connectivity index (χ3v) is 11.0. The van der Waals surface area contributed by atoms with Gasteiger partial charge in [0, 0.05) is 6.42 Å². The SMILES string of the molecule is CCCCC/C=C/CC/C=C/CC/C=C/C(O)C(COP(=O)(O)OCC[N+](C)(C)C)NC(=O)CCCCCCCCC/C=C\CCCCCCCCCCCC. The molecule has 56 heavy (non-hydrogen) atoms. The Balaban J connectivity index is 4.39. The molecule has 0 aromatic heterocycles. The van der Waals surface area contributed by atoms with Crippen LogP contribution in [0.1, 0.15) is 194 Å². The zero-order chi connectivity index (χ0) is 41.4. The summed E-state index contributed by atoms with van der Waals surface area (Å²) in [6.45, 7) is 4.74. The predicted molar refractivity (Wildman–Crippen MR) is 240 cm³/mol. The van der Waals surface area contributed by atoms with Crippen molar-refractivity contribution in [3.8, 4) is 0 Å². The van der Waals surface area contributed by atoms with Crippen LogP contribution in [0.4, 0.5) is 0 Å². The number of phosphoric acid groups is 1. The lowest BCUT2D eigenvalue weighted by Crippen LogP contribution is -2.45. The predicted octanol–water partition coefficient (Wildman–Crippen LogP) is 12.9. The summed E-state index contributed by atoms with van der Waals surface area (Å²) in [5.41, 5.74) is 0. The summed E-state index contributed by atoms with van der Waals surface area (Å²) in [5.74, 6) is -0.197. The molecule has 0 spiro atoms. The first-order valence-electron chi connectivity index (χ1n) is 23.0. The van der Waals surface area contributed by atoms with Crippen LogP contribution in [0.15, 0.2) is 48.6 Å². The number of rotatable bonds is 41. The first-order chi connectivity index (χ1) is 27.0. The van der Waals surface area contributed by atoms with Gasteiger partial charge in [-0.1, -0.05) is 165 Å². The monoisotopic (exact) mass is 810 g/mol. The summed E-state index contributed by atoms with van der Waals surface area (Å²) in [6, 6.07) is -0.871. The number of aliphatic hydroxyl groups is 1. The third kappa shape index (κ3) is 40.6. The van der Waals surface area contributed by atoms with E-state index in [4.69, 9.17) is 9.05 Å². The summed E-state index contributed by atoms with van der Waals surface area (Å²) < 4.78 is 23.5. The summed E-state index contributed by atoms with van der Waals surface area (Å²) >= 11 is 0. The summed E-state index contributed by atoms with van der Waals surface area (Å²) in [5, 5.41) is 13.8. The van der Waals surface area contributed by atoms with Gasteiger partial charge in [-0.2, -0.15) is 0 Å². The molecule has 0 rings (SSSR count). The van der Waals surface area contributed by atoms with Gasteiger partial charge in [0.05, 0.1) is 39.9 Å². The van der Waals surface area contributed by atoms with Crippen LogP contribution in [-0.2, 0) is 18.4 Å². The highest BCUT2D eigenvalue weighted by Crippen LogP contribution is 2.43. The largest absolute Gasteiger partial charge is 0.472 e. The van der Waals surface area contributed by atoms with Crippen LogP contribution in [0.3, 0.4) is 0 Å². The highest BCUT2D eigenvalue weighted by Gasteiger charge is 2.27. The molecule has 3 atom stereocenters. The Morgan fingerprint density at radius 3 is 1.46 bits per heavy atom. The number of carbonyl (C=O) groups excluding carboxylic acids is 1. The zero-order valence-corrected chi connectivity index (χ0v) is 38.0. The van der Waals surface area contributed by atoms with Crippen molar-refractivity contribution < 1.29 is 32.9 Å². The molecule has 3 N–H and O–H groups in total. The van der Waals surface area contributed by atoms with Gasteiger partial charge < -0.3 is 19.8 Å². The number of aliphatic hydroxyl groups excluding tert-OH is 1. The fourth-order valence-electron chi connectivity index (χ4n) is 6.30. The van der Waals surface area contributed by atoms with Gasteiger partial charge in [0.15, 0.2) is 0 Å². The van der Waals surface area contributed by atoms with Crippen LogP contribution in [-0.4, -0.2) is 73.4 Å². The molecular weight excluding hydrogens is 719 g/mol. The number of quaternary nitrogens is 1. The number of phosphoric ester groups is 1. The Morgan fingerprint density at radius 2 is 0.982 bits per heavy atom. The van der Waals surface area contributed by atoms with Crippen LogP contribution in [0, 0.1) is 0 Å². The maximum Gasteiger partial charge on any atom is 0.472 e. The maximum atomic E-state index is 12.9. The quantitative estimate of drug-likeness (QED) is 0.0246. The Morgan fingerprint density at radius 1 is 0.589 bits per heavy atom. The van der Waals surface area contributed by atoms with Crippen LogP contribution < -0.4 is 5.32 Å². The van der Waals surface area contributed by atoms with E-state index in [2.05, 4.69) is 55.6 Å². The molecule has 3 unspecified atom stereocenters. The average Bonchev–Trinajstić information content (AvgIpc) is 3.15. The first kappa shape index (κ1) is 54.5. The van der Waals surface area contributed by atoms with E-state index in [1.54, 1.807) is 6.08 Å². The van der Waals surface area contributed by atoms with E-state index in [0.29, 0.717) is 17.4 Å². The molecule has 0 aliphatic heterocycles. The van der Waals surface area contributed by atoms with Crippen molar-refractivity contribution in [2.24, 2.45) is 0 Å². The number of likely N-dealkylation sites (N-methyl/N-ethyl adjacent to an activating group) is 1. The molecule has 0 aromatic rings. The number of hydrogen-bond acceptors (Lipinski definition) is 5. The number of nitrogens with one attached hydrogen (secondary N) is 1. The topological polar surface area (TPSA) is 105 Å². The molecule has 9 heteroatoms. The second-order valence-corrected chi connectivity index (χ2v) is 18.2. The smallest absolute Gasteiger partial charge is 0.387 e. The van der Waals surface area contributed by atoms with Crippen LogP contribution in [0.5, 0.6) is 0 Å². The van der Waals surface area contributed by atoms with Gasteiger partial charge in [-0.3, -0.25) is 13.8 Å². The lowest BCUT2D eigenvalue weighted by molar-refractivity contribution is -0.870. The van der Waals surface area contributed by atoms with Crippen molar-refractivity contribution in [1.82, 2.24) is 5.32 Å². The molecule has 0 saturated heterocycles. The Labute approximate surface area is 346 Å². The molecule has 328 valence electrons. The third-order valence-electron chi connectivity index (χ3n) is 10.00. The van der Waals surface area contributed by atoms with Crippen molar-refractivity contribution in [3.63, 3.8) is 0 Å². The molecule has 0 fully saturated rings. The van der Waals surface area contributed by atoms with E-state index in [-0.39, 0.29) is 19.1 Å². The lowest BCUT2D eigenvalue weighted by atomic mass is 10.1. The zero-order valence-electron chi connectivity index (χ0n) is 37.1. The van der Waals surface area contributed by atoms with E-state index in [1.807, 2.05) is 27.2 Å². The van der Waals surface area contributed by atoms with Crippen LogP contribution in [0.2, 0.25) is 0 Å². The molecule has 0 radical (unpaired) electrons. The number of allylic oxidation sites excluding steroid dienone is 7.